The molecule has 0 radical (unpaired) electrons. The van der Waals surface area contributed by atoms with Crippen molar-refractivity contribution in [3.05, 3.63) is 24.3 Å². The minimum absolute atomic E-state index is 0.159. The second-order valence-electron chi connectivity index (χ2n) is 5.73. The first-order valence-electron chi connectivity index (χ1n) is 6.28. The molecule has 0 spiro atoms. The highest BCUT2D eigenvalue weighted by molar-refractivity contribution is 5.68. The van der Waals surface area contributed by atoms with E-state index in [0.717, 1.165) is 5.56 Å². The van der Waals surface area contributed by atoms with Gasteiger partial charge in [0.05, 0.1) is 12.6 Å². The van der Waals surface area contributed by atoms with Crippen LogP contribution in [0.5, 0.6) is 0 Å². The van der Waals surface area contributed by atoms with E-state index in [1.807, 2.05) is 20.8 Å². The topological polar surface area (TPSA) is 75.5 Å². The van der Waals surface area contributed by atoms with E-state index < -0.39 is 17.8 Å². The standard InChI is InChI=1S/C13H19N3O3/c1-13(2,3)19-12(18)16-6-10(11(17)7-16)9-4-14-8-15-5-9/h4-5,8,10-11,17H,6-7H2,1-3H3/t10-,11+/m0/s1. The largest absolute Gasteiger partial charge is 0.444 e. The van der Waals surface area contributed by atoms with Crippen molar-refractivity contribution in [3.8, 4) is 0 Å². The summed E-state index contributed by atoms with van der Waals surface area (Å²) >= 11 is 0. The van der Waals surface area contributed by atoms with Gasteiger partial charge in [0.15, 0.2) is 0 Å². The highest BCUT2D eigenvalue weighted by Gasteiger charge is 2.37. The molecule has 2 heterocycles. The predicted molar refractivity (Wildman–Crippen MR) is 68.6 cm³/mol. The van der Waals surface area contributed by atoms with Gasteiger partial charge in [-0.05, 0) is 26.3 Å². The number of carbonyl (C=O) groups is 1. The van der Waals surface area contributed by atoms with Gasteiger partial charge in [0.2, 0.25) is 0 Å². The van der Waals surface area contributed by atoms with Crippen LogP contribution >= 0.6 is 0 Å². The average Bonchev–Trinajstić information content (AvgIpc) is 2.70. The lowest BCUT2D eigenvalue weighted by Gasteiger charge is -2.24. The molecule has 104 valence electrons. The van der Waals surface area contributed by atoms with Crippen LogP contribution in [0.1, 0.15) is 32.3 Å². The van der Waals surface area contributed by atoms with Gasteiger partial charge in [-0.25, -0.2) is 14.8 Å². The summed E-state index contributed by atoms with van der Waals surface area (Å²) < 4.78 is 5.30. The zero-order valence-corrected chi connectivity index (χ0v) is 11.4. The molecule has 1 N–H and O–H groups in total. The number of likely N-dealkylation sites (tertiary alicyclic amines) is 1. The Hall–Kier alpha value is -1.69. The first-order chi connectivity index (χ1) is 8.87. The molecule has 0 bridgehead atoms. The molecular weight excluding hydrogens is 246 g/mol. The van der Waals surface area contributed by atoms with Crippen LogP contribution in [0, 0.1) is 0 Å². The fraction of sp³-hybridized carbons (Fsp3) is 0.615. The van der Waals surface area contributed by atoms with E-state index in [9.17, 15) is 9.90 Å². The highest BCUT2D eigenvalue weighted by atomic mass is 16.6. The van der Waals surface area contributed by atoms with Gasteiger partial charge in [0, 0.05) is 24.9 Å². The summed E-state index contributed by atoms with van der Waals surface area (Å²) in [6, 6.07) is 0. The van der Waals surface area contributed by atoms with Crippen molar-refractivity contribution in [2.45, 2.75) is 38.4 Å². The molecule has 1 aromatic heterocycles. The number of carbonyl (C=O) groups excluding carboxylic acids is 1. The Morgan fingerprint density at radius 2 is 2.00 bits per heavy atom. The number of aliphatic hydroxyl groups is 1. The minimum atomic E-state index is -0.612. The summed E-state index contributed by atoms with van der Waals surface area (Å²) in [5.74, 6) is -0.159. The lowest BCUT2D eigenvalue weighted by Crippen LogP contribution is -2.35. The molecule has 1 aliphatic heterocycles. The summed E-state index contributed by atoms with van der Waals surface area (Å²) in [5.41, 5.74) is 0.303. The third kappa shape index (κ3) is 3.41. The van der Waals surface area contributed by atoms with Gasteiger partial charge < -0.3 is 14.7 Å². The Kier molecular flexibility index (Phi) is 3.71. The molecule has 1 amide bonds. The number of β-amino-alcohol motifs (C(OH)–C–C–N with tert-alkyl or cyclic N) is 1. The number of hydrogen-bond donors (Lipinski definition) is 1. The fourth-order valence-electron chi connectivity index (χ4n) is 2.09. The zero-order valence-electron chi connectivity index (χ0n) is 11.4. The summed E-state index contributed by atoms with van der Waals surface area (Å²) in [7, 11) is 0. The van der Waals surface area contributed by atoms with Crippen LogP contribution in [-0.2, 0) is 4.74 Å². The number of aliphatic hydroxyl groups excluding tert-OH is 1. The van der Waals surface area contributed by atoms with Gasteiger partial charge in [-0.2, -0.15) is 0 Å². The quantitative estimate of drug-likeness (QED) is 0.825. The number of hydrogen-bond acceptors (Lipinski definition) is 5. The monoisotopic (exact) mass is 265 g/mol. The molecular formula is C13H19N3O3. The van der Waals surface area contributed by atoms with E-state index in [0.29, 0.717) is 6.54 Å². The van der Waals surface area contributed by atoms with E-state index in [2.05, 4.69) is 9.97 Å². The van der Waals surface area contributed by atoms with Crippen LogP contribution in [0.3, 0.4) is 0 Å². The molecule has 19 heavy (non-hydrogen) atoms. The third-order valence-corrected chi connectivity index (χ3v) is 2.95. The molecule has 1 fully saturated rings. The summed E-state index contributed by atoms with van der Waals surface area (Å²) in [5, 5.41) is 10.1. The van der Waals surface area contributed by atoms with Crippen molar-refractivity contribution in [2.24, 2.45) is 0 Å². The van der Waals surface area contributed by atoms with Crippen LogP contribution in [0.15, 0.2) is 18.7 Å². The molecule has 0 aliphatic carbocycles. The van der Waals surface area contributed by atoms with Gasteiger partial charge in [0.1, 0.15) is 11.9 Å². The Balaban J connectivity index is 2.04. The number of amides is 1. The van der Waals surface area contributed by atoms with E-state index in [-0.39, 0.29) is 12.5 Å². The SMILES string of the molecule is CC(C)(C)OC(=O)N1C[C@@H](O)[C@H](c2cncnc2)C1. The van der Waals surface area contributed by atoms with E-state index in [1.165, 1.54) is 11.2 Å². The highest BCUT2D eigenvalue weighted by Crippen LogP contribution is 2.27. The van der Waals surface area contributed by atoms with Gasteiger partial charge in [-0.3, -0.25) is 0 Å². The van der Waals surface area contributed by atoms with Crippen LogP contribution in [0.2, 0.25) is 0 Å². The lowest BCUT2D eigenvalue weighted by molar-refractivity contribution is 0.0270. The zero-order chi connectivity index (χ0) is 14.0. The van der Waals surface area contributed by atoms with Gasteiger partial charge in [-0.15, -0.1) is 0 Å². The first kappa shape index (κ1) is 13.7. The lowest BCUT2D eigenvalue weighted by atomic mass is 9.99. The van der Waals surface area contributed by atoms with Crippen molar-refractivity contribution in [1.82, 2.24) is 14.9 Å². The Morgan fingerprint density at radius 1 is 1.37 bits per heavy atom. The second kappa shape index (κ2) is 5.13. The molecule has 0 unspecified atom stereocenters. The first-order valence-corrected chi connectivity index (χ1v) is 6.28. The smallest absolute Gasteiger partial charge is 0.410 e. The Bertz CT molecular complexity index is 444. The minimum Gasteiger partial charge on any atom is -0.444 e. The number of ether oxygens (including phenoxy) is 1. The molecule has 2 atom stereocenters. The van der Waals surface area contributed by atoms with E-state index >= 15 is 0 Å². The number of nitrogens with zero attached hydrogens (tertiary/aromatic N) is 3. The summed E-state index contributed by atoms with van der Waals surface area (Å²) in [4.78, 5) is 21.3. The van der Waals surface area contributed by atoms with E-state index in [4.69, 9.17) is 4.74 Å². The normalized spacial score (nSPS) is 23.5. The van der Waals surface area contributed by atoms with Gasteiger partial charge in [-0.1, -0.05) is 0 Å². The van der Waals surface area contributed by atoms with Gasteiger partial charge in [0.25, 0.3) is 0 Å². The molecule has 0 aromatic carbocycles. The number of aromatic nitrogens is 2. The predicted octanol–water partition coefficient (Wildman–Crippen LogP) is 1.17. The molecule has 6 heteroatoms. The van der Waals surface area contributed by atoms with Crippen molar-refractivity contribution in [3.63, 3.8) is 0 Å². The van der Waals surface area contributed by atoms with Crippen LogP contribution < -0.4 is 0 Å². The van der Waals surface area contributed by atoms with Gasteiger partial charge >= 0.3 is 6.09 Å². The van der Waals surface area contributed by atoms with Crippen LogP contribution in [0.25, 0.3) is 0 Å². The molecule has 1 aliphatic rings. The van der Waals surface area contributed by atoms with Crippen LogP contribution in [-0.4, -0.2) is 50.9 Å². The van der Waals surface area contributed by atoms with Crippen LogP contribution in [0.4, 0.5) is 4.79 Å². The summed E-state index contributed by atoms with van der Waals surface area (Å²) in [6.45, 7) is 6.15. The Labute approximate surface area is 112 Å². The molecule has 6 nitrogen and oxygen atoms in total. The molecule has 2 rings (SSSR count). The fourth-order valence-corrected chi connectivity index (χ4v) is 2.09. The van der Waals surface area contributed by atoms with Crippen molar-refractivity contribution in [2.75, 3.05) is 13.1 Å². The average molecular weight is 265 g/mol. The second-order valence-corrected chi connectivity index (χ2v) is 5.73. The number of rotatable bonds is 1. The molecule has 1 saturated heterocycles. The summed E-state index contributed by atoms with van der Waals surface area (Å²) in [6.07, 6.45) is 3.76. The van der Waals surface area contributed by atoms with Crippen molar-refractivity contribution >= 4 is 6.09 Å². The van der Waals surface area contributed by atoms with Crippen molar-refractivity contribution in [1.29, 1.82) is 0 Å². The van der Waals surface area contributed by atoms with E-state index in [1.54, 1.807) is 12.4 Å². The molecule has 0 saturated carbocycles. The maximum atomic E-state index is 11.9. The maximum Gasteiger partial charge on any atom is 0.410 e. The third-order valence-electron chi connectivity index (χ3n) is 2.95. The molecule has 1 aromatic rings. The maximum absolute atomic E-state index is 11.9. The Morgan fingerprint density at radius 3 is 2.58 bits per heavy atom. The van der Waals surface area contributed by atoms with Crippen molar-refractivity contribution < 1.29 is 14.6 Å².